The van der Waals surface area contributed by atoms with E-state index in [-0.39, 0.29) is 23.3 Å². The maximum atomic E-state index is 12.2. The number of aliphatic carboxylic acids is 1. The van der Waals surface area contributed by atoms with E-state index in [9.17, 15) is 14.4 Å². The molecule has 108 valence electrons. The number of amides is 1. The van der Waals surface area contributed by atoms with Gasteiger partial charge in [-0.1, -0.05) is 18.2 Å². The second-order valence-corrected chi connectivity index (χ2v) is 4.34. The Morgan fingerprint density at radius 1 is 1.33 bits per heavy atom. The van der Waals surface area contributed by atoms with Crippen molar-refractivity contribution in [1.29, 1.82) is 0 Å². The van der Waals surface area contributed by atoms with E-state index in [0.717, 1.165) is 11.0 Å². The monoisotopic (exact) mass is 287 g/mol. The predicted octanol–water partition coefficient (Wildman–Crippen LogP) is 1.51. The summed E-state index contributed by atoms with van der Waals surface area (Å²) in [5, 5.41) is 9.18. The number of carboxylic acid groups (broad SMARTS) is 1. The van der Waals surface area contributed by atoms with Crippen LogP contribution in [0.3, 0.4) is 0 Å². The molecule has 0 saturated heterocycles. The molecule has 2 aromatic rings. The van der Waals surface area contributed by atoms with E-state index in [4.69, 9.17) is 9.52 Å². The van der Waals surface area contributed by atoms with E-state index in [1.165, 1.54) is 6.08 Å². The van der Waals surface area contributed by atoms with Gasteiger partial charge in [-0.05, 0) is 12.1 Å². The van der Waals surface area contributed by atoms with E-state index < -0.39 is 18.4 Å². The van der Waals surface area contributed by atoms with Crippen LogP contribution in [0.15, 0.2) is 52.2 Å². The maximum Gasteiger partial charge on any atom is 0.323 e. The Balaban J connectivity index is 2.44. The van der Waals surface area contributed by atoms with Gasteiger partial charge in [0, 0.05) is 12.6 Å². The maximum absolute atomic E-state index is 12.2. The van der Waals surface area contributed by atoms with E-state index in [1.807, 2.05) is 0 Å². The Kier molecular flexibility index (Phi) is 4.18. The minimum Gasteiger partial charge on any atom is -0.480 e. The lowest BCUT2D eigenvalue weighted by Gasteiger charge is -2.17. The molecule has 0 atom stereocenters. The quantitative estimate of drug-likeness (QED) is 0.842. The van der Waals surface area contributed by atoms with Gasteiger partial charge in [0.2, 0.25) is 0 Å². The summed E-state index contributed by atoms with van der Waals surface area (Å²) >= 11 is 0. The van der Waals surface area contributed by atoms with Crippen molar-refractivity contribution in [3.8, 4) is 0 Å². The lowest BCUT2D eigenvalue weighted by Crippen LogP contribution is -2.36. The van der Waals surface area contributed by atoms with E-state index in [0.29, 0.717) is 5.39 Å². The molecule has 0 fully saturated rings. The molecule has 0 aliphatic rings. The molecule has 2 rings (SSSR count). The summed E-state index contributed by atoms with van der Waals surface area (Å²) in [6.45, 7) is 3.02. The zero-order chi connectivity index (χ0) is 15.4. The molecule has 1 N–H and O–H groups in total. The standard InChI is InChI=1S/C15H13NO5/c1-2-7-16(9-14(18)19)15(20)13-8-11(17)10-5-3-4-6-12(10)21-13/h2-6,8H,1,7,9H2,(H,18,19). The van der Waals surface area contributed by atoms with Crippen LogP contribution in [-0.2, 0) is 4.79 Å². The van der Waals surface area contributed by atoms with Crippen LogP contribution >= 0.6 is 0 Å². The van der Waals surface area contributed by atoms with Gasteiger partial charge in [-0.3, -0.25) is 14.4 Å². The van der Waals surface area contributed by atoms with Crippen LogP contribution in [0.2, 0.25) is 0 Å². The molecule has 1 aromatic heterocycles. The molecule has 0 spiro atoms. The highest BCUT2D eigenvalue weighted by molar-refractivity contribution is 5.94. The van der Waals surface area contributed by atoms with Crippen molar-refractivity contribution in [3.63, 3.8) is 0 Å². The molecule has 0 radical (unpaired) electrons. The number of rotatable bonds is 5. The van der Waals surface area contributed by atoms with Gasteiger partial charge in [0.05, 0.1) is 5.39 Å². The molecule has 0 aliphatic carbocycles. The molecule has 0 bridgehead atoms. The van der Waals surface area contributed by atoms with Gasteiger partial charge < -0.3 is 14.4 Å². The predicted molar refractivity (Wildman–Crippen MR) is 76.2 cm³/mol. The highest BCUT2D eigenvalue weighted by Crippen LogP contribution is 2.13. The molecular weight excluding hydrogens is 274 g/mol. The number of hydrogen-bond acceptors (Lipinski definition) is 4. The van der Waals surface area contributed by atoms with E-state index in [1.54, 1.807) is 24.3 Å². The van der Waals surface area contributed by atoms with Crippen molar-refractivity contribution >= 4 is 22.8 Å². The summed E-state index contributed by atoms with van der Waals surface area (Å²) in [4.78, 5) is 36.0. The summed E-state index contributed by atoms with van der Waals surface area (Å²) in [5.74, 6) is -2.02. The van der Waals surface area contributed by atoms with Crippen LogP contribution in [0, 0.1) is 0 Å². The van der Waals surface area contributed by atoms with Crippen LogP contribution < -0.4 is 5.43 Å². The molecule has 0 unspecified atom stereocenters. The molecule has 0 aliphatic heterocycles. The number of hydrogen-bond donors (Lipinski definition) is 1. The Morgan fingerprint density at radius 3 is 2.71 bits per heavy atom. The fourth-order valence-corrected chi connectivity index (χ4v) is 1.90. The largest absolute Gasteiger partial charge is 0.480 e. The summed E-state index contributed by atoms with van der Waals surface area (Å²) in [7, 11) is 0. The van der Waals surface area contributed by atoms with Gasteiger partial charge in [-0.15, -0.1) is 6.58 Å². The first-order valence-corrected chi connectivity index (χ1v) is 6.18. The number of nitrogens with zero attached hydrogens (tertiary/aromatic N) is 1. The Hall–Kier alpha value is -2.89. The molecule has 1 amide bonds. The van der Waals surface area contributed by atoms with Crippen molar-refractivity contribution in [3.05, 3.63) is 59.0 Å². The van der Waals surface area contributed by atoms with Crippen molar-refractivity contribution in [2.24, 2.45) is 0 Å². The Morgan fingerprint density at radius 2 is 2.05 bits per heavy atom. The first kappa shape index (κ1) is 14.5. The molecule has 21 heavy (non-hydrogen) atoms. The number of carbonyl (C=O) groups is 2. The molecule has 6 nitrogen and oxygen atoms in total. The lowest BCUT2D eigenvalue weighted by molar-refractivity contribution is -0.137. The third-order valence-corrected chi connectivity index (χ3v) is 2.81. The highest BCUT2D eigenvalue weighted by atomic mass is 16.4. The number of benzene rings is 1. The van der Waals surface area contributed by atoms with Crippen molar-refractivity contribution in [2.45, 2.75) is 0 Å². The SMILES string of the molecule is C=CCN(CC(=O)O)C(=O)c1cc(=O)c2ccccc2o1. The van der Waals surface area contributed by atoms with Crippen LogP contribution in [0.1, 0.15) is 10.6 Å². The summed E-state index contributed by atoms with van der Waals surface area (Å²) < 4.78 is 5.39. The van der Waals surface area contributed by atoms with Crippen molar-refractivity contribution in [1.82, 2.24) is 4.90 Å². The highest BCUT2D eigenvalue weighted by Gasteiger charge is 2.20. The van der Waals surface area contributed by atoms with Crippen LogP contribution in [0.4, 0.5) is 0 Å². The van der Waals surface area contributed by atoms with Gasteiger partial charge in [-0.25, -0.2) is 0 Å². The van der Waals surface area contributed by atoms with E-state index in [2.05, 4.69) is 6.58 Å². The van der Waals surface area contributed by atoms with Gasteiger partial charge >= 0.3 is 5.97 Å². The second-order valence-electron chi connectivity index (χ2n) is 4.34. The first-order chi connectivity index (χ1) is 10.0. The van der Waals surface area contributed by atoms with Gasteiger partial charge in [0.15, 0.2) is 11.2 Å². The molecular formula is C15H13NO5. The minimum atomic E-state index is -1.16. The fraction of sp³-hybridized carbons (Fsp3) is 0.133. The first-order valence-electron chi connectivity index (χ1n) is 6.18. The van der Waals surface area contributed by atoms with Gasteiger partial charge in [0.1, 0.15) is 12.1 Å². The van der Waals surface area contributed by atoms with Crippen LogP contribution in [0.25, 0.3) is 11.0 Å². The minimum absolute atomic E-state index is 0.0433. The summed E-state index contributed by atoms with van der Waals surface area (Å²) in [6.07, 6.45) is 1.40. The molecule has 1 aromatic carbocycles. The average Bonchev–Trinajstić information content (AvgIpc) is 2.45. The zero-order valence-electron chi connectivity index (χ0n) is 11.1. The normalized spacial score (nSPS) is 10.3. The second kappa shape index (κ2) is 6.04. The third kappa shape index (κ3) is 3.17. The number of fused-ring (bicyclic) bond motifs is 1. The topological polar surface area (TPSA) is 87.8 Å². The Bertz CT molecular complexity index is 762. The average molecular weight is 287 g/mol. The number of para-hydroxylation sites is 1. The number of carboxylic acids is 1. The molecule has 0 saturated carbocycles. The smallest absolute Gasteiger partial charge is 0.323 e. The van der Waals surface area contributed by atoms with Gasteiger partial charge in [0.25, 0.3) is 5.91 Å². The van der Waals surface area contributed by atoms with Crippen LogP contribution in [0.5, 0.6) is 0 Å². The Labute approximate surface area is 119 Å². The van der Waals surface area contributed by atoms with Crippen molar-refractivity contribution < 1.29 is 19.1 Å². The fourth-order valence-electron chi connectivity index (χ4n) is 1.90. The zero-order valence-corrected chi connectivity index (χ0v) is 11.1. The number of carbonyl (C=O) groups excluding carboxylic acids is 1. The molecule has 6 heteroatoms. The van der Waals surface area contributed by atoms with Crippen LogP contribution in [-0.4, -0.2) is 35.0 Å². The van der Waals surface area contributed by atoms with Crippen molar-refractivity contribution in [2.75, 3.05) is 13.1 Å². The third-order valence-electron chi connectivity index (χ3n) is 2.81. The molecule has 1 heterocycles. The summed E-state index contributed by atoms with van der Waals surface area (Å²) in [5.41, 5.74) is -0.0729. The lowest BCUT2D eigenvalue weighted by atomic mass is 10.2. The summed E-state index contributed by atoms with van der Waals surface area (Å²) in [6, 6.07) is 7.60. The van der Waals surface area contributed by atoms with Gasteiger partial charge in [-0.2, -0.15) is 0 Å². The van der Waals surface area contributed by atoms with E-state index >= 15 is 0 Å².